The van der Waals surface area contributed by atoms with Crippen LogP contribution in [0.1, 0.15) is 0 Å². The molecule has 1 aliphatic rings. The molecule has 6 aromatic carbocycles. The quantitative estimate of drug-likeness (QED) is 0.193. The maximum Gasteiger partial charge on any atom is 0.225 e. The van der Waals surface area contributed by atoms with Crippen molar-refractivity contribution in [2.24, 2.45) is 0 Å². The van der Waals surface area contributed by atoms with Crippen molar-refractivity contribution in [1.29, 1.82) is 0 Å². The zero-order chi connectivity index (χ0) is 29.7. The van der Waals surface area contributed by atoms with Crippen molar-refractivity contribution >= 4 is 47.6 Å². The van der Waals surface area contributed by atoms with E-state index in [0.29, 0.717) is 0 Å². The maximum absolute atomic E-state index is 2.88. The lowest BCUT2D eigenvalue weighted by Crippen LogP contribution is -2.83. The number of hydrogen-bond acceptors (Lipinski definition) is 2. The van der Waals surface area contributed by atoms with Crippen LogP contribution in [0, 0.1) is 0 Å². The first kappa shape index (κ1) is 28.4. The van der Waals surface area contributed by atoms with E-state index in [0.717, 1.165) is 26.2 Å². The van der Waals surface area contributed by atoms with Crippen LogP contribution in [-0.2, 0) is 0 Å². The number of nitrogens with zero attached hydrogens (tertiary/aromatic N) is 2. The predicted molar refractivity (Wildman–Crippen MR) is 191 cm³/mol. The largest absolute Gasteiger partial charge is 0.311 e. The van der Waals surface area contributed by atoms with Crippen molar-refractivity contribution in [1.82, 2.24) is 9.13 Å². The molecule has 0 aliphatic carbocycles. The summed E-state index contributed by atoms with van der Waals surface area (Å²) in [6.07, 6.45) is 0. The fourth-order valence-corrected chi connectivity index (χ4v) is 17.5. The van der Waals surface area contributed by atoms with Gasteiger partial charge >= 0.3 is 0 Å². The Morgan fingerprint density at radius 3 is 0.568 bits per heavy atom. The zero-order valence-electron chi connectivity index (χ0n) is 25.0. The van der Waals surface area contributed by atoms with Crippen LogP contribution < -0.4 is 31.1 Å². The van der Waals surface area contributed by atoms with Crippen molar-refractivity contribution in [3.63, 3.8) is 0 Å². The Labute approximate surface area is 264 Å². The van der Waals surface area contributed by atoms with E-state index in [1.54, 1.807) is 0 Å². The maximum atomic E-state index is 2.88. The second-order valence-corrected chi connectivity index (χ2v) is 19.2. The van der Waals surface area contributed by atoms with E-state index < -0.39 is 16.5 Å². The summed E-state index contributed by atoms with van der Waals surface area (Å²) >= 11 is 0. The molecule has 44 heavy (non-hydrogen) atoms. The molecule has 1 heterocycles. The van der Waals surface area contributed by atoms with E-state index in [-0.39, 0.29) is 0 Å². The van der Waals surface area contributed by atoms with Gasteiger partial charge in [0.15, 0.2) is 0 Å². The second kappa shape index (κ2) is 12.7. The third-order valence-corrected chi connectivity index (χ3v) is 19.2. The summed E-state index contributed by atoms with van der Waals surface area (Å²) in [6.45, 7) is 4.02. The van der Waals surface area contributed by atoms with Gasteiger partial charge in [-0.1, -0.05) is 182 Å². The van der Waals surface area contributed by atoms with Crippen molar-refractivity contribution < 1.29 is 0 Å². The van der Waals surface area contributed by atoms with Gasteiger partial charge in [0.25, 0.3) is 0 Å². The number of rotatable bonds is 8. The fourth-order valence-electron chi connectivity index (χ4n) is 7.55. The minimum atomic E-state index is -2.53. The van der Waals surface area contributed by atoms with Gasteiger partial charge in [-0.2, -0.15) is 0 Å². The Balaban J connectivity index is 1.37. The molecule has 1 fully saturated rings. The van der Waals surface area contributed by atoms with Gasteiger partial charge in [-0.3, -0.25) is 0 Å². The van der Waals surface area contributed by atoms with Crippen LogP contribution in [0.2, 0.25) is 0 Å². The van der Waals surface area contributed by atoms with Gasteiger partial charge in [-0.15, -0.1) is 0 Å². The Bertz CT molecular complexity index is 1410. The van der Waals surface area contributed by atoms with Crippen molar-refractivity contribution in [2.45, 2.75) is 0 Å². The highest BCUT2D eigenvalue weighted by Crippen LogP contribution is 2.21. The molecule has 1 aliphatic heterocycles. The molecule has 6 aromatic rings. The topological polar surface area (TPSA) is 6.48 Å². The third-order valence-electron chi connectivity index (χ3n) is 9.38. The SMILES string of the molecule is c1ccc([Si](c2ccccc2)(c2ccccc2)N2CCN([Si](c3ccccc3)(c3ccccc3)c3ccccc3)CC2)cc1. The van der Waals surface area contributed by atoms with Gasteiger partial charge in [0.05, 0.1) is 0 Å². The summed E-state index contributed by atoms with van der Waals surface area (Å²) in [4.78, 5) is 0. The lowest BCUT2D eigenvalue weighted by atomic mass is 10.3. The molecular weight excluding hydrogens is 565 g/mol. The molecule has 0 aromatic heterocycles. The average Bonchev–Trinajstić information content (AvgIpc) is 3.12. The van der Waals surface area contributed by atoms with Crippen molar-refractivity contribution in [3.8, 4) is 0 Å². The van der Waals surface area contributed by atoms with Crippen LogP contribution in [0.15, 0.2) is 182 Å². The van der Waals surface area contributed by atoms with Crippen LogP contribution in [-0.4, -0.2) is 51.8 Å². The Kier molecular flexibility index (Phi) is 8.23. The predicted octanol–water partition coefficient (Wildman–Crippen LogP) is 3.94. The number of hydrogen-bond donors (Lipinski definition) is 0. The summed E-state index contributed by atoms with van der Waals surface area (Å²) in [6, 6.07) is 68.0. The monoisotopic (exact) mass is 602 g/mol. The molecule has 2 nitrogen and oxygen atoms in total. The Hall–Kier alpha value is -4.33. The average molecular weight is 603 g/mol. The highest BCUT2D eigenvalue weighted by Gasteiger charge is 2.50. The van der Waals surface area contributed by atoms with Crippen molar-refractivity contribution in [3.05, 3.63) is 182 Å². The van der Waals surface area contributed by atoms with Crippen LogP contribution >= 0.6 is 0 Å². The summed E-state index contributed by atoms with van der Waals surface area (Å²) in [7, 11) is -5.05. The standard InChI is InChI=1S/C40H38N2Si2/c1-7-19-35(20-8-1)43(36-21-9-2-10-22-36,37-23-11-3-12-24-37)41-31-33-42(34-32-41)44(38-25-13-4-14-26-38,39-27-15-5-16-28-39)40-29-17-6-18-30-40/h1-30H,31-34H2. The summed E-state index contributed by atoms with van der Waals surface area (Å²) in [5, 5.41) is 8.69. The smallest absolute Gasteiger partial charge is 0.225 e. The molecule has 1 saturated heterocycles. The molecule has 0 unspecified atom stereocenters. The fraction of sp³-hybridized carbons (Fsp3) is 0.100. The van der Waals surface area contributed by atoms with Crippen LogP contribution in [0.5, 0.6) is 0 Å². The number of piperazine rings is 1. The van der Waals surface area contributed by atoms with Gasteiger partial charge in [0.1, 0.15) is 0 Å². The molecular formula is C40H38N2Si2. The van der Waals surface area contributed by atoms with Gasteiger partial charge in [-0.05, 0) is 31.1 Å². The summed E-state index contributed by atoms with van der Waals surface area (Å²) in [5.41, 5.74) is 0. The molecule has 0 amide bonds. The molecule has 216 valence electrons. The lowest BCUT2D eigenvalue weighted by Gasteiger charge is -2.52. The van der Waals surface area contributed by atoms with E-state index in [1.165, 1.54) is 31.1 Å². The summed E-state index contributed by atoms with van der Waals surface area (Å²) in [5.74, 6) is 0. The molecule has 0 bridgehead atoms. The molecule has 0 atom stereocenters. The zero-order valence-corrected chi connectivity index (χ0v) is 27.0. The Morgan fingerprint density at radius 2 is 0.409 bits per heavy atom. The molecule has 0 saturated carbocycles. The number of benzene rings is 6. The van der Waals surface area contributed by atoms with E-state index in [4.69, 9.17) is 0 Å². The first-order chi connectivity index (χ1) is 21.8. The highest BCUT2D eigenvalue weighted by atomic mass is 28.3. The molecule has 4 heteroatoms. The lowest BCUT2D eigenvalue weighted by molar-refractivity contribution is 0.272. The van der Waals surface area contributed by atoms with E-state index >= 15 is 0 Å². The van der Waals surface area contributed by atoms with E-state index in [1.807, 2.05) is 0 Å². The van der Waals surface area contributed by atoms with Crippen LogP contribution in [0.3, 0.4) is 0 Å². The normalized spacial score (nSPS) is 14.7. The minimum absolute atomic E-state index is 1.01. The van der Waals surface area contributed by atoms with Gasteiger partial charge in [0, 0.05) is 26.2 Å². The molecule has 0 N–H and O–H groups in total. The first-order valence-electron chi connectivity index (χ1n) is 15.7. The molecule has 7 rings (SSSR count). The third kappa shape index (κ3) is 4.90. The first-order valence-corrected chi connectivity index (χ1v) is 19.6. The van der Waals surface area contributed by atoms with Gasteiger partial charge in [0.2, 0.25) is 16.5 Å². The molecule has 0 radical (unpaired) electrons. The molecule has 0 spiro atoms. The van der Waals surface area contributed by atoms with Crippen molar-refractivity contribution in [2.75, 3.05) is 26.2 Å². The van der Waals surface area contributed by atoms with Crippen LogP contribution in [0.4, 0.5) is 0 Å². The van der Waals surface area contributed by atoms with E-state index in [2.05, 4.69) is 191 Å². The Morgan fingerprint density at radius 1 is 0.250 bits per heavy atom. The minimum Gasteiger partial charge on any atom is -0.311 e. The summed E-state index contributed by atoms with van der Waals surface area (Å²) < 4.78 is 5.76. The van der Waals surface area contributed by atoms with Crippen LogP contribution in [0.25, 0.3) is 0 Å². The van der Waals surface area contributed by atoms with Gasteiger partial charge in [-0.25, -0.2) is 0 Å². The second-order valence-electron chi connectivity index (χ2n) is 11.6. The highest BCUT2D eigenvalue weighted by molar-refractivity contribution is 7.10. The van der Waals surface area contributed by atoms with Gasteiger partial charge < -0.3 is 9.13 Å². The van der Waals surface area contributed by atoms with E-state index in [9.17, 15) is 0 Å².